The van der Waals surface area contributed by atoms with Gasteiger partial charge >= 0.3 is 5.97 Å². The zero-order valence-electron chi connectivity index (χ0n) is 10.6. The number of fused-ring (bicyclic) bond motifs is 1. The molecule has 0 fully saturated rings. The summed E-state index contributed by atoms with van der Waals surface area (Å²) < 4.78 is 5.11. The lowest BCUT2D eigenvalue weighted by Gasteiger charge is -2.29. The van der Waals surface area contributed by atoms with E-state index in [1.165, 1.54) is 16.8 Å². The van der Waals surface area contributed by atoms with Gasteiger partial charge in [-0.25, -0.2) is 4.79 Å². The van der Waals surface area contributed by atoms with E-state index >= 15 is 0 Å². The van der Waals surface area contributed by atoms with E-state index in [0.717, 1.165) is 0 Å². The number of ether oxygens (including phenoxy) is 1. The maximum Gasteiger partial charge on any atom is 0.331 e. The first-order valence-corrected chi connectivity index (χ1v) is 7.19. The van der Waals surface area contributed by atoms with Gasteiger partial charge in [0.25, 0.3) is 0 Å². The van der Waals surface area contributed by atoms with Crippen LogP contribution in [-0.4, -0.2) is 35.2 Å². The number of nitrogens with one attached hydrogen (secondary N) is 1. The molecule has 1 aromatic carbocycles. The molecule has 7 nitrogen and oxygen atoms in total. The van der Waals surface area contributed by atoms with Gasteiger partial charge in [-0.2, -0.15) is 0 Å². The number of amides is 1. The molecular weight excluding hydrogens is 316 g/mol. The van der Waals surface area contributed by atoms with Gasteiger partial charge < -0.3 is 9.64 Å². The molecule has 9 heteroatoms. The van der Waals surface area contributed by atoms with Crippen molar-refractivity contribution < 1.29 is 14.3 Å². The van der Waals surface area contributed by atoms with Crippen LogP contribution in [0.1, 0.15) is 0 Å². The lowest BCUT2D eigenvalue weighted by Crippen LogP contribution is -2.41. The van der Waals surface area contributed by atoms with Crippen LogP contribution in [0.5, 0.6) is 5.75 Å². The molecule has 1 aromatic heterocycles. The second-order valence-corrected chi connectivity index (χ2v) is 5.50. The fourth-order valence-electron chi connectivity index (χ4n) is 1.92. The molecule has 0 radical (unpaired) electrons. The Bertz CT molecular complexity index is 692. The summed E-state index contributed by atoms with van der Waals surface area (Å²) in [5.41, 5.74) is 2.12. The molecule has 0 bridgehead atoms. The summed E-state index contributed by atoms with van der Waals surface area (Å²) >= 11 is 7.16. The van der Waals surface area contributed by atoms with Crippen molar-refractivity contribution in [2.45, 2.75) is 0 Å². The molecule has 0 aliphatic carbocycles. The summed E-state index contributed by atoms with van der Waals surface area (Å²) in [5.74, 6) is -0.333. The highest BCUT2D eigenvalue weighted by atomic mass is 35.5. The van der Waals surface area contributed by atoms with E-state index in [2.05, 4.69) is 15.5 Å². The standard InChI is InChI=1S/C12H9ClN4O3S/c13-7-1-2-9-8(3-7)17(5-11(19)20-9)4-10(18)15-12-16-14-6-21-12/h1-3,6H,4-5H2,(H,15,16,18). The van der Waals surface area contributed by atoms with Crippen LogP contribution in [0.2, 0.25) is 5.02 Å². The monoisotopic (exact) mass is 324 g/mol. The van der Waals surface area contributed by atoms with E-state index in [0.29, 0.717) is 21.6 Å². The van der Waals surface area contributed by atoms with Gasteiger partial charge in [0.15, 0.2) is 5.75 Å². The Morgan fingerprint density at radius 2 is 2.38 bits per heavy atom. The highest BCUT2D eigenvalue weighted by molar-refractivity contribution is 7.13. The first-order valence-electron chi connectivity index (χ1n) is 5.93. The Kier molecular flexibility index (Phi) is 3.72. The van der Waals surface area contributed by atoms with E-state index in [-0.39, 0.29) is 19.0 Å². The highest BCUT2D eigenvalue weighted by Crippen LogP contribution is 2.34. The molecule has 1 aliphatic rings. The number of halogens is 1. The molecule has 108 valence electrons. The SMILES string of the molecule is O=C(CN1CC(=O)Oc2ccc(Cl)cc21)Nc1nncs1. The zero-order valence-corrected chi connectivity index (χ0v) is 12.1. The van der Waals surface area contributed by atoms with E-state index in [9.17, 15) is 9.59 Å². The van der Waals surface area contributed by atoms with Crippen LogP contribution in [0.15, 0.2) is 23.7 Å². The Labute approximate surface area is 128 Å². The van der Waals surface area contributed by atoms with Gasteiger partial charge in [-0.15, -0.1) is 10.2 Å². The van der Waals surface area contributed by atoms with Crippen molar-refractivity contribution in [3.63, 3.8) is 0 Å². The highest BCUT2D eigenvalue weighted by Gasteiger charge is 2.26. The third kappa shape index (κ3) is 3.11. The third-order valence-electron chi connectivity index (χ3n) is 2.75. The topological polar surface area (TPSA) is 84.4 Å². The van der Waals surface area contributed by atoms with Crippen molar-refractivity contribution in [1.82, 2.24) is 10.2 Å². The van der Waals surface area contributed by atoms with Crippen molar-refractivity contribution >= 4 is 45.6 Å². The Morgan fingerprint density at radius 1 is 1.52 bits per heavy atom. The summed E-state index contributed by atoms with van der Waals surface area (Å²) in [5, 5.41) is 10.9. The van der Waals surface area contributed by atoms with Crippen LogP contribution in [0.3, 0.4) is 0 Å². The van der Waals surface area contributed by atoms with Gasteiger partial charge in [0, 0.05) is 5.02 Å². The maximum atomic E-state index is 12.0. The van der Waals surface area contributed by atoms with Crippen LogP contribution < -0.4 is 15.0 Å². The van der Waals surface area contributed by atoms with Gasteiger partial charge in [-0.3, -0.25) is 10.1 Å². The van der Waals surface area contributed by atoms with Gasteiger partial charge in [0.05, 0.1) is 12.2 Å². The molecular formula is C12H9ClN4O3S. The van der Waals surface area contributed by atoms with Crippen molar-refractivity contribution in [1.29, 1.82) is 0 Å². The number of esters is 1. The molecule has 21 heavy (non-hydrogen) atoms. The number of rotatable bonds is 3. The Balaban J connectivity index is 1.78. The van der Waals surface area contributed by atoms with Gasteiger partial charge in [0.1, 0.15) is 12.1 Å². The summed E-state index contributed by atoms with van der Waals surface area (Å²) in [7, 11) is 0. The number of aromatic nitrogens is 2. The van der Waals surface area contributed by atoms with Crippen LogP contribution >= 0.6 is 22.9 Å². The summed E-state index contributed by atoms with van der Waals surface area (Å²) in [6, 6.07) is 4.88. The molecule has 2 heterocycles. The molecule has 3 rings (SSSR count). The minimum Gasteiger partial charge on any atom is -0.423 e. The molecule has 0 spiro atoms. The number of hydrogen-bond donors (Lipinski definition) is 1. The van der Waals surface area contributed by atoms with Crippen molar-refractivity contribution in [3.05, 3.63) is 28.7 Å². The average molecular weight is 325 g/mol. The fourth-order valence-corrected chi connectivity index (χ4v) is 2.55. The van der Waals surface area contributed by atoms with Gasteiger partial charge in [-0.1, -0.05) is 22.9 Å². The molecule has 0 unspecified atom stereocenters. The molecule has 2 aromatic rings. The summed E-state index contributed by atoms with van der Waals surface area (Å²) in [6.45, 7) is -0.0289. The normalized spacial score (nSPS) is 13.6. The quantitative estimate of drug-likeness (QED) is 0.681. The number of nitrogens with zero attached hydrogens (tertiary/aromatic N) is 3. The second-order valence-electron chi connectivity index (χ2n) is 4.23. The van der Waals surface area contributed by atoms with Crippen molar-refractivity contribution in [2.75, 3.05) is 23.3 Å². The summed E-state index contributed by atoms with van der Waals surface area (Å²) in [4.78, 5) is 25.2. The number of hydrogen-bond acceptors (Lipinski definition) is 7. The smallest absolute Gasteiger partial charge is 0.331 e. The predicted molar refractivity (Wildman–Crippen MR) is 77.8 cm³/mol. The lowest BCUT2D eigenvalue weighted by molar-refractivity contribution is -0.133. The van der Waals surface area contributed by atoms with E-state index < -0.39 is 5.97 Å². The van der Waals surface area contributed by atoms with Crippen LogP contribution in [0.25, 0.3) is 0 Å². The third-order valence-corrected chi connectivity index (χ3v) is 3.59. The minimum atomic E-state index is -0.423. The number of carbonyl (C=O) groups is 2. The molecule has 1 amide bonds. The molecule has 1 N–H and O–H groups in total. The van der Waals surface area contributed by atoms with Crippen LogP contribution in [0, 0.1) is 0 Å². The van der Waals surface area contributed by atoms with E-state index in [4.69, 9.17) is 16.3 Å². The first kappa shape index (κ1) is 13.8. The predicted octanol–water partition coefficient (Wildman–Crippen LogP) is 1.56. The van der Waals surface area contributed by atoms with Crippen molar-refractivity contribution in [3.8, 4) is 5.75 Å². The fraction of sp³-hybridized carbons (Fsp3) is 0.167. The Morgan fingerprint density at radius 3 is 3.14 bits per heavy atom. The largest absolute Gasteiger partial charge is 0.423 e. The minimum absolute atomic E-state index is 0.0119. The van der Waals surface area contributed by atoms with Crippen LogP contribution in [-0.2, 0) is 9.59 Å². The van der Waals surface area contributed by atoms with Crippen molar-refractivity contribution in [2.24, 2.45) is 0 Å². The molecule has 0 saturated heterocycles. The van der Waals surface area contributed by atoms with Crippen LogP contribution in [0.4, 0.5) is 10.8 Å². The maximum absolute atomic E-state index is 12.0. The second kappa shape index (κ2) is 5.66. The number of benzene rings is 1. The lowest BCUT2D eigenvalue weighted by atomic mass is 10.2. The average Bonchev–Trinajstić information content (AvgIpc) is 2.92. The van der Waals surface area contributed by atoms with Gasteiger partial charge in [-0.05, 0) is 18.2 Å². The Hall–Kier alpha value is -2.19. The molecule has 0 saturated carbocycles. The number of anilines is 2. The number of carbonyl (C=O) groups excluding carboxylic acids is 2. The van der Waals surface area contributed by atoms with E-state index in [1.807, 2.05) is 0 Å². The van der Waals surface area contributed by atoms with Gasteiger partial charge in [0.2, 0.25) is 11.0 Å². The first-order chi connectivity index (χ1) is 10.1. The molecule has 0 atom stereocenters. The summed E-state index contributed by atoms with van der Waals surface area (Å²) in [6.07, 6.45) is 0. The molecule has 1 aliphatic heterocycles. The van der Waals surface area contributed by atoms with E-state index in [1.54, 1.807) is 23.1 Å². The zero-order chi connectivity index (χ0) is 14.8.